The first-order chi connectivity index (χ1) is 17.5. The van der Waals surface area contributed by atoms with Crippen LogP contribution in [-0.2, 0) is 25.5 Å². The van der Waals surface area contributed by atoms with Gasteiger partial charge in [0.25, 0.3) is 0 Å². The van der Waals surface area contributed by atoms with Crippen LogP contribution in [0.4, 0.5) is 0 Å². The van der Waals surface area contributed by atoms with Crippen molar-refractivity contribution < 1.29 is 19.1 Å². The van der Waals surface area contributed by atoms with E-state index in [0.29, 0.717) is 52.1 Å². The predicted octanol–water partition coefficient (Wildman–Crippen LogP) is 3.44. The molecule has 1 aromatic carbocycles. The number of piperidine rings is 1. The maximum Gasteiger partial charge on any atom is 0.242 e. The Labute approximate surface area is 217 Å². The molecule has 3 heterocycles. The van der Waals surface area contributed by atoms with Gasteiger partial charge >= 0.3 is 0 Å². The van der Waals surface area contributed by atoms with E-state index < -0.39 is 11.5 Å². The molecular weight excluding hydrogens is 476 g/mol. The lowest BCUT2D eigenvalue weighted by Gasteiger charge is -2.41. The molecule has 36 heavy (non-hydrogen) atoms. The van der Waals surface area contributed by atoms with Gasteiger partial charge in [-0.3, -0.25) is 14.4 Å². The minimum atomic E-state index is -0.583. The van der Waals surface area contributed by atoms with E-state index >= 15 is 0 Å². The zero-order valence-electron chi connectivity index (χ0n) is 21.2. The number of rotatable bonds is 4. The normalized spacial score (nSPS) is 22.1. The number of thiazole rings is 1. The molecule has 8 nitrogen and oxygen atoms in total. The van der Waals surface area contributed by atoms with Crippen molar-refractivity contribution in [2.75, 3.05) is 32.8 Å². The molecule has 196 valence electrons. The molecule has 2 aliphatic rings. The highest BCUT2D eigenvalue weighted by molar-refractivity contribution is 7.18. The molecule has 0 aliphatic carbocycles. The van der Waals surface area contributed by atoms with Gasteiger partial charge in [-0.2, -0.15) is 0 Å². The van der Waals surface area contributed by atoms with Crippen LogP contribution in [0.25, 0.3) is 10.2 Å². The van der Waals surface area contributed by atoms with Gasteiger partial charge < -0.3 is 20.3 Å². The predicted molar refractivity (Wildman–Crippen MR) is 141 cm³/mol. The lowest BCUT2D eigenvalue weighted by atomic mass is 9.73. The van der Waals surface area contributed by atoms with E-state index in [0.717, 1.165) is 49.0 Å². The van der Waals surface area contributed by atoms with E-state index in [4.69, 9.17) is 4.74 Å². The van der Waals surface area contributed by atoms with E-state index in [1.54, 1.807) is 18.3 Å². The van der Waals surface area contributed by atoms with Gasteiger partial charge in [-0.25, -0.2) is 4.98 Å². The number of aromatic nitrogens is 1. The van der Waals surface area contributed by atoms with Gasteiger partial charge in [0, 0.05) is 39.3 Å². The summed E-state index contributed by atoms with van der Waals surface area (Å²) < 4.78 is 6.85. The minimum absolute atomic E-state index is 0.0638. The minimum Gasteiger partial charge on any atom is -0.381 e. The van der Waals surface area contributed by atoms with Gasteiger partial charge in [0.15, 0.2) is 0 Å². The summed E-state index contributed by atoms with van der Waals surface area (Å²) in [4.78, 5) is 45.2. The smallest absolute Gasteiger partial charge is 0.242 e. The molecule has 4 rings (SSSR count). The van der Waals surface area contributed by atoms with E-state index in [1.165, 1.54) is 4.70 Å². The number of fused-ring (bicyclic) bond motifs is 1. The van der Waals surface area contributed by atoms with E-state index in [-0.39, 0.29) is 17.7 Å². The molecule has 2 aliphatic heterocycles. The molecule has 0 bridgehead atoms. The number of carbonyl (C=O) groups is 3. The Hall–Kier alpha value is -2.52. The fourth-order valence-corrected chi connectivity index (χ4v) is 6.08. The average Bonchev–Trinajstić information content (AvgIpc) is 3.30. The van der Waals surface area contributed by atoms with Crippen molar-refractivity contribution in [3.8, 4) is 0 Å². The van der Waals surface area contributed by atoms with Crippen molar-refractivity contribution in [3.63, 3.8) is 0 Å². The van der Waals surface area contributed by atoms with Gasteiger partial charge in [0.1, 0.15) is 6.04 Å². The van der Waals surface area contributed by atoms with E-state index in [1.807, 2.05) is 23.1 Å². The Kier molecular flexibility index (Phi) is 9.31. The summed E-state index contributed by atoms with van der Waals surface area (Å²) in [6.07, 6.45) is 6.62. The first kappa shape index (κ1) is 26.5. The molecule has 9 heteroatoms. The third-order valence-electron chi connectivity index (χ3n) is 7.37. The maximum atomic E-state index is 13.4. The van der Waals surface area contributed by atoms with Crippen LogP contribution in [0.15, 0.2) is 24.3 Å². The van der Waals surface area contributed by atoms with Crippen molar-refractivity contribution >= 4 is 39.3 Å². The number of amides is 3. The van der Waals surface area contributed by atoms with Gasteiger partial charge in [-0.05, 0) is 64.0 Å². The molecule has 2 fully saturated rings. The average molecular weight is 515 g/mol. The summed E-state index contributed by atoms with van der Waals surface area (Å²) in [5.41, 5.74) is 0.473. The van der Waals surface area contributed by atoms with E-state index in [2.05, 4.69) is 21.7 Å². The second-order valence-corrected chi connectivity index (χ2v) is 11.1. The number of likely N-dealkylation sites (tertiary alicyclic amines) is 1. The van der Waals surface area contributed by atoms with Gasteiger partial charge in [0.05, 0.1) is 20.6 Å². The summed E-state index contributed by atoms with van der Waals surface area (Å²) in [6.45, 7) is 4.71. The zero-order chi connectivity index (χ0) is 25.4. The van der Waals surface area contributed by atoms with Crippen molar-refractivity contribution in [2.24, 2.45) is 5.41 Å². The Morgan fingerprint density at radius 2 is 1.92 bits per heavy atom. The quantitative estimate of drug-likeness (QED) is 0.651. The second kappa shape index (κ2) is 12.6. The van der Waals surface area contributed by atoms with Crippen LogP contribution in [0.3, 0.4) is 0 Å². The fraction of sp³-hybridized carbons (Fsp3) is 0.630. The summed E-state index contributed by atoms with van der Waals surface area (Å²) in [5, 5.41) is 6.90. The molecule has 3 amide bonds. The zero-order valence-corrected chi connectivity index (χ0v) is 22.0. The monoisotopic (exact) mass is 514 g/mol. The first-order valence-corrected chi connectivity index (χ1v) is 14.1. The molecule has 2 N–H and O–H groups in total. The largest absolute Gasteiger partial charge is 0.381 e. The number of benzene rings is 1. The molecule has 0 radical (unpaired) electrons. The van der Waals surface area contributed by atoms with Crippen LogP contribution in [0.5, 0.6) is 0 Å². The Morgan fingerprint density at radius 1 is 1.14 bits per heavy atom. The molecule has 2 saturated heterocycles. The van der Waals surface area contributed by atoms with Crippen LogP contribution >= 0.6 is 11.3 Å². The standard InChI is InChI=1S/C27H38N4O4S/c1-20-25(33)28-15-7-19-35-18-5-4-12-27(26(34)29-20)13-16-31(17-14-27)24(32)11-6-10-23-30-21-8-2-3-9-22(21)36-23/h2-3,8-9,20H,4-7,10-19H2,1H3,(H,28,33)(H,29,34)/t20-/m0/s1. The van der Waals surface area contributed by atoms with Crippen LogP contribution < -0.4 is 10.6 Å². The lowest BCUT2D eigenvalue weighted by Crippen LogP contribution is -2.54. The van der Waals surface area contributed by atoms with Crippen LogP contribution in [0.1, 0.15) is 63.3 Å². The Morgan fingerprint density at radius 3 is 2.72 bits per heavy atom. The summed E-state index contributed by atoms with van der Waals surface area (Å²) in [7, 11) is 0. The fourth-order valence-electron chi connectivity index (χ4n) is 5.07. The maximum absolute atomic E-state index is 13.4. The van der Waals surface area contributed by atoms with E-state index in [9.17, 15) is 14.4 Å². The Bertz CT molecular complexity index is 1010. The van der Waals surface area contributed by atoms with Gasteiger partial charge in [0.2, 0.25) is 17.7 Å². The van der Waals surface area contributed by atoms with Crippen LogP contribution in [-0.4, -0.2) is 66.5 Å². The van der Waals surface area contributed by atoms with Crippen molar-refractivity contribution in [1.29, 1.82) is 0 Å². The number of aryl methyl sites for hydroxylation is 1. The van der Waals surface area contributed by atoms with Crippen molar-refractivity contribution in [3.05, 3.63) is 29.3 Å². The molecule has 1 spiro atoms. The Balaban J connectivity index is 1.30. The summed E-state index contributed by atoms with van der Waals surface area (Å²) in [5.74, 6) is -0.0873. The number of carbonyl (C=O) groups excluding carboxylic acids is 3. The highest BCUT2D eigenvalue weighted by Crippen LogP contribution is 2.37. The third-order valence-corrected chi connectivity index (χ3v) is 8.47. The number of hydrogen-bond donors (Lipinski definition) is 2. The molecule has 0 saturated carbocycles. The SMILES string of the molecule is C[C@@H]1NC(=O)C2(CCCCOCCCNC1=O)CCN(C(=O)CCCc1nc3ccccc3s1)CC2. The molecular formula is C27H38N4O4S. The van der Waals surface area contributed by atoms with Crippen molar-refractivity contribution in [1.82, 2.24) is 20.5 Å². The van der Waals surface area contributed by atoms with Crippen molar-refractivity contribution in [2.45, 2.75) is 70.8 Å². The number of ether oxygens (including phenoxy) is 1. The molecule has 2 aromatic rings. The highest BCUT2D eigenvalue weighted by Gasteiger charge is 2.42. The van der Waals surface area contributed by atoms with Crippen LogP contribution in [0, 0.1) is 5.41 Å². The number of hydrogen-bond acceptors (Lipinski definition) is 6. The number of nitrogens with one attached hydrogen (secondary N) is 2. The molecule has 1 aromatic heterocycles. The number of nitrogens with zero attached hydrogens (tertiary/aromatic N) is 2. The molecule has 0 unspecified atom stereocenters. The molecule has 1 atom stereocenters. The summed E-state index contributed by atoms with van der Waals surface area (Å²) in [6, 6.07) is 7.53. The lowest BCUT2D eigenvalue weighted by molar-refractivity contribution is -0.142. The second-order valence-electron chi connectivity index (χ2n) is 10.00. The third kappa shape index (κ3) is 6.82. The van der Waals surface area contributed by atoms with Gasteiger partial charge in [-0.1, -0.05) is 18.6 Å². The highest BCUT2D eigenvalue weighted by atomic mass is 32.1. The topological polar surface area (TPSA) is 101 Å². The van der Waals surface area contributed by atoms with Crippen LogP contribution in [0.2, 0.25) is 0 Å². The van der Waals surface area contributed by atoms with Gasteiger partial charge in [-0.15, -0.1) is 11.3 Å². The summed E-state index contributed by atoms with van der Waals surface area (Å²) >= 11 is 1.69. The number of para-hydroxylation sites is 1. The first-order valence-electron chi connectivity index (χ1n) is 13.3.